The number of nitrogens with zero attached hydrogens (tertiary/aromatic N) is 3. The standard InChI is InChI=1S/C22H18N4O2/c1-14-5-8-18(9-6-14)26-15(2)24-20-10-7-17(12-19(20)22(26)28)25-21(27)16-4-3-11-23-13-16/h3-13H,1-2H3,(H,25,27). The molecule has 0 saturated heterocycles. The van der Waals surface area contributed by atoms with E-state index in [-0.39, 0.29) is 11.5 Å². The number of carbonyl (C=O) groups excluding carboxylic acids is 1. The molecule has 0 atom stereocenters. The normalized spacial score (nSPS) is 10.8. The van der Waals surface area contributed by atoms with E-state index in [2.05, 4.69) is 15.3 Å². The number of rotatable bonds is 3. The van der Waals surface area contributed by atoms with E-state index < -0.39 is 0 Å². The Balaban J connectivity index is 1.77. The average molecular weight is 370 g/mol. The van der Waals surface area contributed by atoms with Crippen molar-refractivity contribution in [2.24, 2.45) is 0 Å². The van der Waals surface area contributed by atoms with Crippen molar-refractivity contribution in [1.29, 1.82) is 0 Å². The van der Waals surface area contributed by atoms with Crippen molar-refractivity contribution < 1.29 is 4.79 Å². The highest BCUT2D eigenvalue weighted by Crippen LogP contribution is 2.18. The Morgan fingerprint density at radius 3 is 2.54 bits per heavy atom. The third-order valence-corrected chi connectivity index (χ3v) is 4.51. The van der Waals surface area contributed by atoms with Gasteiger partial charge in [0.15, 0.2) is 0 Å². The van der Waals surface area contributed by atoms with Gasteiger partial charge >= 0.3 is 0 Å². The summed E-state index contributed by atoms with van der Waals surface area (Å²) < 4.78 is 1.58. The molecule has 0 radical (unpaired) electrons. The zero-order valence-electron chi connectivity index (χ0n) is 15.5. The molecule has 2 aromatic carbocycles. The van der Waals surface area contributed by atoms with Crippen molar-refractivity contribution >= 4 is 22.5 Å². The van der Waals surface area contributed by atoms with E-state index in [0.29, 0.717) is 28.0 Å². The average Bonchev–Trinajstić information content (AvgIpc) is 2.70. The Bertz CT molecular complexity index is 1230. The smallest absolute Gasteiger partial charge is 0.266 e. The number of nitrogens with one attached hydrogen (secondary N) is 1. The number of hydrogen-bond donors (Lipinski definition) is 1. The summed E-state index contributed by atoms with van der Waals surface area (Å²) in [4.78, 5) is 34.0. The van der Waals surface area contributed by atoms with Crippen LogP contribution in [0, 0.1) is 13.8 Å². The molecule has 1 N–H and O–H groups in total. The van der Waals surface area contributed by atoms with E-state index in [1.54, 1.807) is 48.0 Å². The third kappa shape index (κ3) is 3.27. The van der Waals surface area contributed by atoms with E-state index in [0.717, 1.165) is 11.3 Å². The number of carbonyl (C=O) groups is 1. The minimum atomic E-state index is -0.286. The van der Waals surface area contributed by atoms with Crippen molar-refractivity contribution in [3.63, 3.8) is 0 Å². The second kappa shape index (κ2) is 7.08. The summed E-state index contributed by atoms with van der Waals surface area (Å²) in [5.74, 6) is 0.319. The molecule has 138 valence electrons. The fourth-order valence-electron chi connectivity index (χ4n) is 3.07. The minimum absolute atomic E-state index is 0.177. The molecule has 0 aliphatic rings. The SMILES string of the molecule is Cc1ccc(-n2c(C)nc3ccc(NC(=O)c4cccnc4)cc3c2=O)cc1. The van der Waals surface area contributed by atoms with Crippen LogP contribution < -0.4 is 10.9 Å². The molecule has 0 aliphatic carbocycles. The van der Waals surface area contributed by atoms with Gasteiger partial charge in [0, 0.05) is 18.1 Å². The first-order chi connectivity index (χ1) is 13.5. The van der Waals surface area contributed by atoms with Crippen molar-refractivity contribution in [3.8, 4) is 5.69 Å². The Labute approximate surface area is 161 Å². The highest BCUT2D eigenvalue weighted by Gasteiger charge is 2.12. The number of fused-ring (bicyclic) bond motifs is 1. The van der Waals surface area contributed by atoms with E-state index >= 15 is 0 Å². The molecule has 4 aromatic rings. The van der Waals surface area contributed by atoms with E-state index in [1.807, 2.05) is 31.2 Å². The van der Waals surface area contributed by atoms with Crippen LogP contribution in [0.1, 0.15) is 21.7 Å². The molecule has 0 unspecified atom stereocenters. The number of amides is 1. The van der Waals surface area contributed by atoms with Gasteiger partial charge in [-0.3, -0.25) is 19.1 Å². The number of aromatic nitrogens is 3. The van der Waals surface area contributed by atoms with Crippen LogP contribution in [0.25, 0.3) is 16.6 Å². The zero-order valence-corrected chi connectivity index (χ0v) is 15.5. The second-order valence-corrected chi connectivity index (χ2v) is 6.56. The molecule has 28 heavy (non-hydrogen) atoms. The Hall–Kier alpha value is -3.80. The largest absolute Gasteiger partial charge is 0.322 e. The lowest BCUT2D eigenvalue weighted by molar-refractivity contribution is 0.102. The van der Waals surface area contributed by atoms with Gasteiger partial charge in [0.05, 0.1) is 22.2 Å². The molecule has 6 nitrogen and oxygen atoms in total. The van der Waals surface area contributed by atoms with Crippen LogP contribution in [-0.4, -0.2) is 20.4 Å². The lowest BCUT2D eigenvalue weighted by Crippen LogP contribution is -2.22. The molecule has 1 amide bonds. The van der Waals surface area contributed by atoms with Gasteiger partial charge in [-0.15, -0.1) is 0 Å². The first-order valence-electron chi connectivity index (χ1n) is 8.85. The number of anilines is 1. The molecule has 0 spiro atoms. The highest BCUT2D eigenvalue weighted by molar-refractivity contribution is 6.04. The van der Waals surface area contributed by atoms with Gasteiger partial charge in [0.25, 0.3) is 11.5 Å². The summed E-state index contributed by atoms with van der Waals surface area (Å²) in [5.41, 5.74) is 3.26. The molecule has 4 rings (SSSR count). The Morgan fingerprint density at radius 1 is 1.04 bits per heavy atom. The van der Waals surface area contributed by atoms with E-state index in [4.69, 9.17) is 0 Å². The van der Waals surface area contributed by atoms with Crippen LogP contribution in [0.2, 0.25) is 0 Å². The maximum absolute atomic E-state index is 13.1. The molecular weight excluding hydrogens is 352 g/mol. The Morgan fingerprint density at radius 2 is 1.82 bits per heavy atom. The molecule has 6 heteroatoms. The van der Waals surface area contributed by atoms with Gasteiger partial charge in [0.2, 0.25) is 0 Å². The van der Waals surface area contributed by atoms with Crippen LogP contribution in [-0.2, 0) is 0 Å². The summed E-state index contributed by atoms with van der Waals surface area (Å²) in [6, 6.07) is 16.2. The minimum Gasteiger partial charge on any atom is -0.322 e. The van der Waals surface area contributed by atoms with Gasteiger partial charge in [-0.25, -0.2) is 4.98 Å². The summed E-state index contributed by atoms with van der Waals surface area (Å²) in [7, 11) is 0. The maximum atomic E-state index is 13.1. The van der Waals surface area contributed by atoms with E-state index in [1.165, 1.54) is 6.20 Å². The lowest BCUT2D eigenvalue weighted by atomic mass is 10.2. The topological polar surface area (TPSA) is 76.9 Å². The summed E-state index contributed by atoms with van der Waals surface area (Å²) in [6.07, 6.45) is 3.10. The summed E-state index contributed by atoms with van der Waals surface area (Å²) in [5, 5.41) is 3.24. The third-order valence-electron chi connectivity index (χ3n) is 4.51. The van der Waals surface area contributed by atoms with Gasteiger partial charge in [-0.1, -0.05) is 17.7 Å². The molecule has 2 aromatic heterocycles. The number of pyridine rings is 1. The van der Waals surface area contributed by atoms with Crippen molar-refractivity contribution in [1.82, 2.24) is 14.5 Å². The van der Waals surface area contributed by atoms with Gasteiger partial charge in [0.1, 0.15) is 5.82 Å². The Kier molecular flexibility index (Phi) is 4.45. The number of aryl methyl sites for hydroxylation is 2. The number of hydrogen-bond acceptors (Lipinski definition) is 4. The molecule has 0 saturated carbocycles. The predicted octanol–water partition coefficient (Wildman–Crippen LogP) is 3.65. The second-order valence-electron chi connectivity index (χ2n) is 6.56. The molecular formula is C22H18N4O2. The van der Waals surface area contributed by atoms with Crippen molar-refractivity contribution in [3.05, 3.63) is 94.3 Å². The summed E-state index contributed by atoms with van der Waals surface area (Å²) >= 11 is 0. The van der Waals surface area contributed by atoms with Gasteiger partial charge in [-0.05, 0) is 56.3 Å². The van der Waals surface area contributed by atoms with Crippen LogP contribution in [0.15, 0.2) is 71.8 Å². The highest BCUT2D eigenvalue weighted by atomic mass is 16.1. The maximum Gasteiger partial charge on any atom is 0.266 e. The molecule has 2 heterocycles. The first-order valence-corrected chi connectivity index (χ1v) is 8.85. The number of benzene rings is 2. The summed E-state index contributed by atoms with van der Waals surface area (Å²) in [6.45, 7) is 3.80. The predicted molar refractivity (Wildman–Crippen MR) is 109 cm³/mol. The monoisotopic (exact) mass is 370 g/mol. The van der Waals surface area contributed by atoms with Crippen molar-refractivity contribution in [2.45, 2.75) is 13.8 Å². The van der Waals surface area contributed by atoms with Crippen LogP contribution in [0.4, 0.5) is 5.69 Å². The van der Waals surface area contributed by atoms with Gasteiger partial charge in [-0.2, -0.15) is 0 Å². The van der Waals surface area contributed by atoms with E-state index in [9.17, 15) is 9.59 Å². The van der Waals surface area contributed by atoms with Crippen molar-refractivity contribution in [2.75, 3.05) is 5.32 Å². The molecule has 0 bridgehead atoms. The quantitative estimate of drug-likeness (QED) is 0.597. The van der Waals surface area contributed by atoms with Crippen LogP contribution in [0.5, 0.6) is 0 Å². The fourth-order valence-corrected chi connectivity index (χ4v) is 3.07. The zero-order chi connectivity index (χ0) is 19.7. The van der Waals surface area contributed by atoms with Gasteiger partial charge < -0.3 is 5.32 Å². The van der Waals surface area contributed by atoms with Crippen LogP contribution in [0.3, 0.4) is 0 Å². The first kappa shape index (κ1) is 17.6. The van der Waals surface area contributed by atoms with Crippen LogP contribution >= 0.6 is 0 Å². The molecule has 0 aliphatic heterocycles. The molecule has 0 fully saturated rings. The lowest BCUT2D eigenvalue weighted by Gasteiger charge is -2.12. The fraction of sp³-hybridized carbons (Fsp3) is 0.0909.